The Kier molecular flexibility index (Phi) is 3.91. The maximum Gasteiger partial charge on any atom is 0.246 e. The Bertz CT molecular complexity index is 501. The normalized spacial score (nSPS) is 18.7. The van der Waals surface area contributed by atoms with Gasteiger partial charge in [-0.15, -0.1) is 0 Å². The van der Waals surface area contributed by atoms with Gasteiger partial charge in [-0.3, -0.25) is 4.68 Å². The molecule has 1 fully saturated rings. The number of sulfonamides is 1. The number of anilines is 1. The molecular weight excluding hydrogens is 252 g/mol. The van der Waals surface area contributed by atoms with Crippen molar-refractivity contribution in [3.05, 3.63) is 6.20 Å². The van der Waals surface area contributed by atoms with Gasteiger partial charge in [0.15, 0.2) is 5.82 Å². The Morgan fingerprint density at radius 2 is 1.94 bits per heavy atom. The van der Waals surface area contributed by atoms with E-state index in [0.29, 0.717) is 0 Å². The lowest BCUT2D eigenvalue weighted by Crippen LogP contribution is -2.34. The number of nitrogens with zero attached hydrogens (tertiary/aromatic N) is 2. The lowest BCUT2D eigenvalue weighted by atomic mass is 10.1. The van der Waals surface area contributed by atoms with Crippen molar-refractivity contribution in [2.75, 3.05) is 5.73 Å². The highest BCUT2D eigenvalue weighted by Crippen LogP contribution is 2.21. The maximum absolute atomic E-state index is 12.2. The Morgan fingerprint density at radius 1 is 1.33 bits per heavy atom. The molecule has 0 radical (unpaired) electrons. The first-order chi connectivity index (χ1) is 8.49. The van der Waals surface area contributed by atoms with Gasteiger partial charge in [-0.1, -0.05) is 25.7 Å². The number of nitrogens with one attached hydrogen (secondary N) is 1. The molecule has 18 heavy (non-hydrogen) atoms. The number of nitrogen functional groups attached to an aromatic ring is 1. The summed E-state index contributed by atoms with van der Waals surface area (Å²) in [6, 6.07) is 0.0251. The highest BCUT2D eigenvalue weighted by molar-refractivity contribution is 7.89. The predicted molar refractivity (Wildman–Crippen MR) is 69.4 cm³/mol. The van der Waals surface area contributed by atoms with Gasteiger partial charge in [0.05, 0.1) is 0 Å². The van der Waals surface area contributed by atoms with Gasteiger partial charge < -0.3 is 5.73 Å². The van der Waals surface area contributed by atoms with Crippen LogP contribution in [0.15, 0.2) is 11.1 Å². The van der Waals surface area contributed by atoms with E-state index < -0.39 is 10.0 Å². The van der Waals surface area contributed by atoms with Crippen molar-refractivity contribution >= 4 is 15.8 Å². The molecule has 1 aromatic rings. The van der Waals surface area contributed by atoms with E-state index >= 15 is 0 Å². The third kappa shape index (κ3) is 3.02. The van der Waals surface area contributed by atoms with Crippen LogP contribution in [0.1, 0.15) is 38.5 Å². The number of aromatic nitrogens is 2. The van der Waals surface area contributed by atoms with Crippen LogP contribution in [0, 0.1) is 0 Å². The second-order valence-electron chi connectivity index (χ2n) is 4.86. The second kappa shape index (κ2) is 5.27. The van der Waals surface area contributed by atoms with Crippen LogP contribution < -0.4 is 10.5 Å². The predicted octanol–water partition coefficient (Wildman–Crippen LogP) is 1.00. The van der Waals surface area contributed by atoms with Gasteiger partial charge in [0, 0.05) is 19.3 Å². The highest BCUT2D eigenvalue weighted by Gasteiger charge is 2.24. The fraction of sp³-hybridized carbons (Fsp3) is 0.727. The van der Waals surface area contributed by atoms with Gasteiger partial charge in [0.2, 0.25) is 10.0 Å². The fourth-order valence-electron chi connectivity index (χ4n) is 2.37. The van der Waals surface area contributed by atoms with E-state index in [4.69, 9.17) is 5.73 Å². The van der Waals surface area contributed by atoms with Crippen molar-refractivity contribution in [3.8, 4) is 0 Å². The van der Waals surface area contributed by atoms with Crippen molar-refractivity contribution in [1.82, 2.24) is 14.5 Å². The monoisotopic (exact) mass is 272 g/mol. The summed E-state index contributed by atoms with van der Waals surface area (Å²) in [5.74, 6) is 0.0543. The highest BCUT2D eigenvalue weighted by atomic mass is 32.2. The number of nitrogens with two attached hydrogens (primary N) is 1. The molecular formula is C11H20N4O2S. The molecule has 1 aliphatic carbocycles. The van der Waals surface area contributed by atoms with Crippen molar-refractivity contribution < 1.29 is 8.42 Å². The molecule has 7 heteroatoms. The quantitative estimate of drug-likeness (QED) is 0.803. The largest absolute Gasteiger partial charge is 0.381 e. The van der Waals surface area contributed by atoms with Crippen LogP contribution in [0.25, 0.3) is 0 Å². The molecule has 6 nitrogen and oxygen atoms in total. The zero-order chi connectivity index (χ0) is 13.2. The van der Waals surface area contributed by atoms with E-state index in [1.165, 1.54) is 23.7 Å². The average Bonchev–Trinajstić information content (AvgIpc) is 2.51. The Hall–Kier alpha value is -1.08. The molecule has 0 bridgehead atoms. The van der Waals surface area contributed by atoms with Gasteiger partial charge in [-0.25, -0.2) is 13.1 Å². The fourth-order valence-corrected chi connectivity index (χ4v) is 3.78. The van der Waals surface area contributed by atoms with Crippen LogP contribution in [0.2, 0.25) is 0 Å². The van der Waals surface area contributed by atoms with E-state index in [1.807, 2.05) is 0 Å². The number of hydrogen-bond donors (Lipinski definition) is 2. The van der Waals surface area contributed by atoms with Crippen LogP contribution in [0.3, 0.4) is 0 Å². The molecule has 0 amide bonds. The third-order valence-corrected chi connectivity index (χ3v) is 4.83. The van der Waals surface area contributed by atoms with Crippen LogP contribution in [0.4, 0.5) is 5.82 Å². The van der Waals surface area contributed by atoms with Crippen molar-refractivity contribution in [2.24, 2.45) is 7.05 Å². The minimum absolute atomic E-state index is 0.0251. The zero-order valence-corrected chi connectivity index (χ0v) is 11.4. The number of aryl methyl sites for hydroxylation is 1. The average molecular weight is 272 g/mol. The summed E-state index contributed by atoms with van der Waals surface area (Å²) < 4.78 is 28.6. The van der Waals surface area contributed by atoms with Gasteiger partial charge in [-0.05, 0) is 12.8 Å². The molecule has 102 valence electrons. The molecule has 0 aliphatic heterocycles. The molecule has 0 unspecified atom stereocenters. The van der Waals surface area contributed by atoms with Crippen LogP contribution >= 0.6 is 0 Å². The molecule has 0 atom stereocenters. The molecule has 0 spiro atoms. The Labute approximate surface area is 108 Å². The van der Waals surface area contributed by atoms with Crippen molar-refractivity contribution in [3.63, 3.8) is 0 Å². The first kappa shape index (κ1) is 13.4. The van der Waals surface area contributed by atoms with Gasteiger partial charge >= 0.3 is 0 Å². The summed E-state index contributed by atoms with van der Waals surface area (Å²) >= 11 is 0. The maximum atomic E-state index is 12.2. The molecule has 1 saturated carbocycles. The summed E-state index contributed by atoms with van der Waals surface area (Å²) in [7, 11) is -1.89. The Balaban J connectivity index is 2.13. The molecule has 0 saturated heterocycles. The molecule has 2 rings (SSSR count). The number of hydrogen-bond acceptors (Lipinski definition) is 4. The standard InChI is InChI=1S/C11H20N4O2S/c1-15-8-10(11(12)13-15)18(16,17)14-9-6-4-2-3-5-7-9/h8-9,14H,2-7H2,1H3,(H2,12,13). The molecule has 1 aliphatic rings. The molecule has 0 aromatic carbocycles. The summed E-state index contributed by atoms with van der Waals surface area (Å²) in [5, 5.41) is 3.86. The lowest BCUT2D eigenvalue weighted by molar-refractivity contribution is 0.510. The van der Waals surface area contributed by atoms with Gasteiger partial charge in [0.25, 0.3) is 0 Å². The topological polar surface area (TPSA) is 90.0 Å². The molecule has 3 N–H and O–H groups in total. The summed E-state index contributed by atoms with van der Waals surface area (Å²) in [4.78, 5) is 0.0780. The lowest BCUT2D eigenvalue weighted by Gasteiger charge is -2.15. The van der Waals surface area contributed by atoms with E-state index in [-0.39, 0.29) is 16.8 Å². The first-order valence-electron chi connectivity index (χ1n) is 6.30. The van der Waals surface area contributed by atoms with Gasteiger partial charge in [0.1, 0.15) is 4.90 Å². The zero-order valence-electron chi connectivity index (χ0n) is 10.6. The smallest absolute Gasteiger partial charge is 0.246 e. The van der Waals surface area contributed by atoms with Crippen LogP contribution in [-0.2, 0) is 17.1 Å². The van der Waals surface area contributed by atoms with E-state index in [0.717, 1.165) is 25.7 Å². The minimum Gasteiger partial charge on any atom is -0.381 e. The summed E-state index contributed by atoms with van der Waals surface area (Å²) in [6.45, 7) is 0. The molecule has 1 aromatic heterocycles. The minimum atomic E-state index is -3.54. The molecule has 1 heterocycles. The van der Waals surface area contributed by atoms with E-state index in [9.17, 15) is 8.42 Å². The van der Waals surface area contributed by atoms with E-state index in [1.54, 1.807) is 7.05 Å². The SMILES string of the molecule is Cn1cc(S(=O)(=O)NC2CCCCCC2)c(N)n1. The van der Waals surface area contributed by atoms with Crippen LogP contribution in [0.5, 0.6) is 0 Å². The summed E-state index contributed by atoms with van der Waals surface area (Å²) in [6.07, 6.45) is 7.78. The Morgan fingerprint density at radius 3 is 2.44 bits per heavy atom. The number of rotatable bonds is 3. The van der Waals surface area contributed by atoms with Crippen LogP contribution in [-0.4, -0.2) is 24.2 Å². The van der Waals surface area contributed by atoms with Crippen molar-refractivity contribution in [1.29, 1.82) is 0 Å². The van der Waals surface area contributed by atoms with Gasteiger partial charge in [-0.2, -0.15) is 5.10 Å². The third-order valence-electron chi connectivity index (χ3n) is 3.29. The first-order valence-corrected chi connectivity index (χ1v) is 7.79. The van der Waals surface area contributed by atoms with E-state index in [2.05, 4.69) is 9.82 Å². The summed E-state index contributed by atoms with van der Waals surface area (Å²) in [5.41, 5.74) is 5.61. The second-order valence-corrected chi connectivity index (χ2v) is 6.54. The van der Waals surface area contributed by atoms with Crippen molar-refractivity contribution in [2.45, 2.75) is 49.5 Å².